The molecule has 1 aromatic heterocycles. The lowest BCUT2D eigenvalue weighted by atomic mass is 9.88. The maximum atomic E-state index is 12.9. The maximum absolute atomic E-state index is 12.9. The van der Waals surface area contributed by atoms with E-state index >= 15 is 0 Å². The number of aryl methyl sites for hydroxylation is 1. The second-order valence-corrected chi connectivity index (χ2v) is 10.1. The van der Waals surface area contributed by atoms with Crippen LogP contribution in [0.1, 0.15) is 40.9 Å². The maximum Gasteiger partial charge on any atom is 0.338 e. The number of aliphatic carboxylic acids is 1. The fraction of sp³-hybridized carbons (Fsp3) is 0.310. The summed E-state index contributed by atoms with van der Waals surface area (Å²) >= 11 is 1.68. The Morgan fingerprint density at radius 3 is 2.36 bits per heavy atom. The Kier molecular flexibility index (Phi) is 8.57. The minimum Gasteiger partial charge on any atom is -0.512 e. The van der Waals surface area contributed by atoms with Crippen molar-refractivity contribution in [3.8, 4) is 11.1 Å². The zero-order chi connectivity index (χ0) is 25.5. The van der Waals surface area contributed by atoms with Gasteiger partial charge in [-0.25, -0.2) is 4.79 Å². The number of esters is 1. The fourth-order valence-corrected chi connectivity index (χ4v) is 5.57. The van der Waals surface area contributed by atoms with Crippen molar-refractivity contribution < 1.29 is 29.6 Å². The van der Waals surface area contributed by atoms with Crippen LogP contribution in [0.4, 0.5) is 0 Å². The van der Waals surface area contributed by atoms with E-state index in [2.05, 4.69) is 6.07 Å². The van der Waals surface area contributed by atoms with Crippen LogP contribution in [0, 0.1) is 11.8 Å². The number of unbranched alkanes of at least 4 members (excludes halogenated alkanes) is 1. The number of ether oxygens (including phenoxy) is 1. The molecule has 1 fully saturated rings. The fourth-order valence-electron chi connectivity index (χ4n) is 4.82. The van der Waals surface area contributed by atoms with Gasteiger partial charge >= 0.3 is 11.9 Å². The molecule has 188 valence electrons. The van der Waals surface area contributed by atoms with E-state index in [1.54, 1.807) is 29.5 Å². The van der Waals surface area contributed by atoms with Crippen molar-refractivity contribution in [2.24, 2.45) is 11.8 Å². The van der Waals surface area contributed by atoms with E-state index in [0.717, 1.165) is 24.0 Å². The minimum absolute atomic E-state index is 0.0267. The predicted octanol–water partition coefficient (Wildman–Crippen LogP) is 5.88. The van der Waals surface area contributed by atoms with E-state index in [1.165, 1.54) is 4.88 Å². The zero-order valence-electron chi connectivity index (χ0n) is 19.8. The van der Waals surface area contributed by atoms with Gasteiger partial charge < -0.3 is 20.1 Å². The molecule has 36 heavy (non-hydrogen) atoms. The van der Waals surface area contributed by atoms with E-state index in [4.69, 9.17) is 4.74 Å². The summed E-state index contributed by atoms with van der Waals surface area (Å²) in [5.74, 6) is -3.18. The van der Waals surface area contributed by atoms with Crippen LogP contribution in [0.2, 0.25) is 0 Å². The third-order valence-electron chi connectivity index (χ3n) is 6.63. The molecule has 0 aliphatic heterocycles. The summed E-state index contributed by atoms with van der Waals surface area (Å²) in [5, 5.41) is 32.8. The number of benzene rings is 2. The lowest BCUT2D eigenvalue weighted by Gasteiger charge is -2.24. The molecule has 2 aromatic carbocycles. The summed E-state index contributed by atoms with van der Waals surface area (Å²) in [7, 11) is 0. The van der Waals surface area contributed by atoms with E-state index in [-0.39, 0.29) is 18.6 Å². The molecule has 4 rings (SSSR count). The molecule has 0 spiro atoms. The Bertz CT molecular complexity index is 1170. The van der Waals surface area contributed by atoms with Gasteiger partial charge in [0, 0.05) is 17.2 Å². The number of hydrogen-bond acceptors (Lipinski definition) is 6. The molecule has 0 amide bonds. The number of carboxylic acids is 1. The van der Waals surface area contributed by atoms with Gasteiger partial charge in [-0.05, 0) is 60.0 Å². The first-order chi connectivity index (χ1) is 17.4. The van der Waals surface area contributed by atoms with Crippen molar-refractivity contribution in [3.63, 3.8) is 0 Å². The van der Waals surface area contributed by atoms with E-state index in [9.17, 15) is 24.9 Å². The van der Waals surface area contributed by atoms with E-state index in [1.807, 2.05) is 53.9 Å². The van der Waals surface area contributed by atoms with Crippen LogP contribution >= 0.6 is 11.3 Å². The largest absolute Gasteiger partial charge is 0.512 e. The molecule has 1 saturated carbocycles. The Hall–Kier alpha value is -3.42. The van der Waals surface area contributed by atoms with Crippen molar-refractivity contribution in [1.29, 1.82) is 0 Å². The summed E-state index contributed by atoms with van der Waals surface area (Å²) < 4.78 is 5.73. The average Bonchev–Trinajstić information content (AvgIpc) is 3.50. The van der Waals surface area contributed by atoms with Gasteiger partial charge in [0.05, 0.1) is 29.8 Å². The normalized spacial score (nSPS) is 21.9. The molecule has 6 nitrogen and oxygen atoms in total. The Labute approximate surface area is 214 Å². The smallest absolute Gasteiger partial charge is 0.338 e. The average molecular weight is 507 g/mol. The molecular formula is C29H30O6S. The first kappa shape index (κ1) is 25.7. The Morgan fingerprint density at radius 2 is 1.69 bits per heavy atom. The molecule has 3 aromatic rings. The molecular weight excluding hydrogens is 476 g/mol. The third kappa shape index (κ3) is 6.42. The highest BCUT2D eigenvalue weighted by Crippen LogP contribution is 2.41. The SMILES string of the molecule is O=C(O)C[C@@H]1[C@@H](C(O)=CCCCc2cccs2)[C@H](OC(=O)c2ccc(-c3ccccc3)cc2)C[C@@H]1O. The van der Waals surface area contributed by atoms with Gasteiger partial charge in [-0.1, -0.05) is 48.5 Å². The van der Waals surface area contributed by atoms with Crippen molar-refractivity contribution in [3.05, 3.63) is 94.4 Å². The highest BCUT2D eigenvalue weighted by molar-refractivity contribution is 7.09. The lowest BCUT2D eigenvalue weighted by molar-refractivity contribution is -0.139. The summed E-state index contributed by atoms with van der Waals surface area (Å²) in [5.41, 5.74) is 2.34. The first-order valence-electron chi connectivity index (χ1n) is 12.1. The molecule has 0 unspecified atom stereocenters. The number of aliphatic hydroxyl groups is 2. The quantitative estimate of drug-likeness (QED) is 0.180. The number of aliphatic hydroxyl groups excluding tert-OH is 2. The monoisotopic (exact) mass is 506 g/mol. The van der Waals surface area contributed by atoms with Gasteiger partial charge in [0.1, 0.15) is 6.10 Å². The van der Waals surface area contributed by atoms with Crippen LogP contribution in [-0.2, 0) is 16.0 Å². The Balaban J connectivity index is 1.45. The van der Waals surface area contributed by atoms with Crippen molar-refractivity contribution >= 4 is 23.3 Å². The van der Waals surface area contributed by atoms with Crippen molar-refractivity contribution in [2.75, 3.05) is 0 Å². The summed E-state index contributed by atoms with van der Waals surface area (Å²) in [6.07, 6.45) is 1.90. The second-order valence-electron chi connectivity index (χ2n) is 9.08. The van der Waals surface area contributed by atoms with Crippen LogP contribution in [0.5, 0.6) is 0 Å². The first-order valence-corrected chi connectivity index (χ1v) is 13.0. The molecule has 1 aliphatic rings. The number of rotatable bonds is 10. The summed E-state index contributed by atoms with van der Waals surface area (Å²) in [6.45, 7) is 0. The van der Waals surface area contributed by atoms with Gasteiger partial charge in [-0.15, -0.1) is 11.3 Å². The highest BCUT2D eigenvalue weighted by Gasteiger charge is 2.47. The van der Waals surface area contributed by atoms with Crippen LogP contribution in [0.3, 0.4) is 0 Å². The van der Waals surface area contributed by atoms with Gasteiger partial charge in [0.25, 0.3) is 0 Å². The highest BCUT2D eigenvalue weighted by atomic mass is 32.1. The molecule has 0 radical (unpaired) electrons. The summed E-state index contributed by atoms with van der Waals surface area (Å²) in [6, 6.07) is 20.9. The van der Waals surface area contributed by atoms with Crippen LogP contribution in [0.25, 0.3) is 11.1 Å². The molecule has 3 N–H and O–H groups in total. The van der Waals surface area contributed by atoms with Gasteiger partial charge in [0.2, 0.25) is 0 Å². The standard InChI is InChI=1S/C29H30O6S/c30-24(11-5-4-9-22-10-6-16-36-22)28-23(17-27(32)33)25(31)18-26(28)35-29(34)21-14-12-20(13-15-21)19-7-2-1-3-8-19/h1-3,6-8,10-16,23,25-26,28,30-31H,4-5,9,17-18H2,(H,32,33)/t23-,25-,26+,28-/m0/s1. The zero-order valence-corrected chi connectivity index (χ0v) is 20.6. The molecule has 0 saturated heterocycles. The third-order valence-corrected chi connectivity index (χ3v) is 7.56. The summed E-state index contributed by atoms with van der Waals surface area (Å²) in [4.78, 5) is 25.6. The molecule has 1 heterocycles. The molecule has 0 bridgehead atoms. The number of hydrogen-bond donors (Lipinski definition) is 3. The number of carbonyl (C=O) groups excluding carboxylic acids is 1. The topological polar surface area (TPSA) is 104 Å². The molecule has 7 heteroatoms. The van der Waals surface area contributed by atoms with Crippen LogP contribution < -0.4 is 0 Å². The number of allylic oxidation sites excluding steroid dienone is 1. The second kappa shape index (κ2) is 12.0. The number of carbonyl (C=O) groups is 2. The Morgan fingerprint density at radius 1 is 0.972 bits per heavy atom. The van der Waals surface area contributed by atoms with E-state index < -0.39 is 36.0 Å². The van der Waals surface area contributed by atoms with E-state index in [0.29, 0.717) is 12.0 Å². The van der Waals surface area contributed by atoms with Crippen LogP contribution in [0.15, 0.2) is 83.9 Å². The number of thiophene rings is 1. The van der Waals surface area contributed by atoms with Gasteiger partial charge in [0.15, 0.2) is 0 Å². The van der Waals surface area contributed by atoms with Gasteiger partial charge in [-0.3, -0.25) is 4.79 Å². The van der Waals surface area contributed by atoms with Crippen LogP contribution in [-0.4, -0.2) is 39.5 Å². The van der Waals surface area contributed by atoms with Crippen molar-refractivity contribution in [1.82, 2.24) is 0 Å². The predicted molar refractivity (Wildman–Crippen MR) is 139 cm³/mol. The van der Waals surface area contributed by atoms with Gasteiger partial charge in [-0.2, -0.15) is 0 Å². The lowest BCUT2D eigenvalue weighted by Crippen LogP contribution is -2.29. The molecule has 1 aliphatic carbocycles. The molecule has 4 atom stereocenters. The minimum atomic E-state index is -1.07. The number of carboxylic acid groups (broad SMARTS) is 1. The van der Waals surface area contributed by atoms with Crippen molar-refractivity contribution in [2.45, 2.75) is 44.3 Å².